The zero-order valence-corrected chi connectivity index (χ0v) is 14.9. The highest BCUT2D eigenvalue weighted by Gasteiger charge is 2.20. The molecule has 1 N–H and O–H groups in total. The number of hydrogen-bond acceptors (Lipinski definition) is 5. The lowest BCUT2D eigenvalue weighted by molar-refractivity contribution is 0.405. The molecule has 0 fully saturated rings. The molecule has 1 aromatic heterocycles. The monoisotopic (exact) mass is 358 g/mol. The molecule has 0 saturated heterocycles. The zero-order valence-electron chi connectivity index (χ0n) is 14.1. The van der Waals surface area contributed by atoms with Gasteiger partial charge in [-0.05, 0) is 36.8 Å². The lowest BCUT2D eigenvalue weighted by Crippen LogP contribution is -2.14. The number of para-hydroxylation sites is 1. The summed E-state index contributed by atoms with van der Waals surface area (Å²) in [7, 11) is -0.873. The molecule has 0 aliphatic heterocycles. The Labute approximate surface area is 146 Å². The standard InChI is InChI=1S/C18H18N2O4S/c1-12-9-13-5-4-6-17(18(13)19-11-12)25(21,22)20-15-10-14(23-2)7-8-16(15)24-3/h4-11,20H,1-3H3. The van der Waals surface area contributed by atoms with E-state index in [0.29, 0.717) is 22.7 Å². The fraction of sp³-hybridized carbons (Fsp3) is 0.167. The Morgan fingerprint density at radius 1 is 1.04 bits per heavy atom. The normalized spacial score (nSPS) is 11.3. The van der Waals surface area contributed by atoms with Gasteiger partial charge in [-0.1, -0.05) is 12.1 Å². The fourth-order valence-corrected chi connectivity index (χ4v) is 3.80. The predicted octanol–water partition coefficient (Wildman–Crippen LogP) is 3.36. The second-order valence-corrected chi connectivity index (χ2v) is 7.16. The second kappa shape index (κ2) is 6.60. The Morgan fingerprint density at radius 3 is 2.56 bits per heavy atom. The van der Waals surface area contributed by atoms with Crippen LogP contribution in [0.4, 0.5) is 5.69 Å². The maximum absolute atomic E-state index is 12.9. The summed E-state index contributed by atoms with van der Waals surface area (Å²) >= 11 is 0. The molecular weight excluding hydrogens is 340 g/mol. The summed E-state index contributed by atoms with van der Waals surface area (Å²) in [4.78, 5) is 4.40. The third-order valence-electron chi connectivity index (χ3n) is 3.75. The number of nitrogens with one attached hydrogen (secondary N) is 1. The summed E-state index contributed by atoms with van der Waals surface area (Å²) in [6.45, 7) is 1.91. The topological polar surface area (TPSA) is 77.5 Å². The molecule has 0 unspecified atom stereocenters. The van der Waals surface area contributed by atoms with Gasteiger partial charge in [-0.25, -0.2) is 8.42 Å². The highest BCUT2D eigenvalue weighted by Crippen LogP contribution is 2.32. The van der Waals surface area contributed by atoms with Crippen LogP contribution in [0, 0.1) is 6.92 Å². The third-order valence-corrected chi connectivity index (χ3v) is 5.15. The molecule has 25 heavy (non-hydrogen) atoms. The van der Waals surface area contributed by atoms with E-state index >= 15 is 0 Å². The highest BCUT2D eigenvalue weighted by atomic mass is 32.2. The highest BCUT2D eigenvalue weighted by molar-refractivity contribution is 7.93. The molecule has 6 nitrogen and oxygen atoms in total. The van der Waals surface area contributed by atoms with Gasteiger partial charge >= 0.3 is 0 Å². The first-order valence-corrected chi connectivity index (χ1v) is 9.03. The van der Waals surface area contributed by atoms with Crippen molar-refractivity contribution in [2.75, 3.05) is 18.9 Å². The third kappa shape index (κ3) is 3.36. The van der Waals surface area contributed by atoms with Crippen molar-refractivity contribution < 1.29 is 17.9 Å². The fourth-order valence-electron chi connectivity index (χ4n) is 2.55. The van der Waals surface area contributed by atoms with Crippen LogP contribution in [0.3, 0.4) is 0 Å². The summed E-state index contributed by atoms with van der Waals surface area (Å²) in [5.74, 6) is 0.915. The lowest BCUT2D eigenvalue weighted by Gasteiger charge is -2.14. The number of ether oxygens (including phenoxy) is 2. The largest absolute Gasteiger partial charge is 0.497 e. The van der Waals surface area contributed by atoms with E-state index in [1.165, 1.54) is 20.3 Å². The van der Waals surface area contributed by atoms with Crippen molar-refractivity contribution in [3.8, 4) is 11.5 Å². The van der Waals surface area contributed by atoms with Crippen LogP contribution >= 0.6 is 0 Å². The van der Waals surface area contributed by atoms with Crippen molar-refractivity contribution in [2.24, 2.45) is 0 Å². The van der Waals surface area contributed by atoms with Gasteiger partial charge in [0, 0.05) is 17.6 Å². The van der Waals surface area contributed by atoms with E-state index in [1.807, 2.05) is 19.1 Å². The van der Waals surface area contributed by atoms with E-state index < -0.39 is 10.0 Å². The Balaban J connectivity index is 2.09. The predicted molar refractivity (Wildman–Crippen MR) is 96.8 cm³/mol. The minimum Gasteiger partial charge on any atom is -0.497 e. The van der Waals surface area contributed by atoms with Crippen LogP contribution in [0.2, 0.25) is 0 Å². The first kappa shape index (κ1) is 17.0. The van der Waals surface area contributed by atoms with E-state index in [2.05, 4.69) is 9.71 Å². The Hall–Kier alpha value is -2.80. The molecule has 0 amide bonds. The number of nitrogens with zero attached hydrogens (tertiary/aromatic N) is 1. The number of rotatable bonds is 5. The van der Waals surface area contributed by atoms with Crippen LogP contribution in [0.15, 0.2) is 53.6 Å². The van der Waals surface area contributed by atoms with Crippen molar-refractivity contribution in [3.05, 3.63) is 54.2 Å². The summed E-state index contributed by atoms with van der Waals surface area (Å²) in [5.41, 5.74) is 1.68. The van der Waals surface area contributed by atoms with Gasteiger partial charge in [-0.15, -0.1) is 0 Å². The van der Waals surface area contributed by atoms with E-state index in [0.717, 1.165) is 10.9 Å². The molecule has 3 aromatic rings. The van der Waals surface area contributed by atoms with Crippen molar-refractivity contribution in [3.63, 3.8) is 0 Å². The first-order valence-electron chi connectivity index (χ1n) is 7.55. The molecule has 130 valence electrons. The van der Waals surface area contributed by atoms with Gasteiger partial charge in [-0.3, -0.25) is 9.71 Å². The quantitative estimate of drug-likeness (QED) is 0.757. The second-order valence-electron chi connectivity index (χ2n) is 5.51. The number of sulfonamides is 1. The minimum atomic E-state index is -3.86. The molecule has 0 aliphatic rings. The van der Waals surface area contributed by atoms with Gasteiger partial charge in [0.15, 0.2) is 0 Å². The number of benzene rings is 2. The van der Waals surface area contributed by atoms with Crippen LogP contribution in [-0.2, 0) is 10.0 Å². The maximum atomic E-state index is 12.9. The minimum absolute atomic E-state index is 0.106. The molecule has 1 heterocycles. The first-order chi connectivity index (χ1) is 11.9. The molecule has 0 atom stereocenters. The van der Waals surface area contributed by atoms with E-state index in [1.54, 1.807) is 30.5 Å². The number of hydrogen-bond donors (Lipinski definition) is 1. The Bertz CT molecular complexity index is 1030. The number of fused-ring (bicyclic) bond motifs is 1. The molecule has 2 aromatic carbocycles. The van der Waals surface area contributed by atoms with Crippen molar-refractivity contribution in [1.29, 1.82) is 0 Å². The van der Waals surface area contributed by atoms with Crippen LogP contribution in [0.25, 0.3) is 10.9 Å². The number of aryl methyl sites for hydroxylation is 1. The Kier molecular flexibility index (Phi) is 4.50. The van der Waals surface area contributed by atoms with Gasteiger partial charge in [0.25, 0.3) is 10.0 Å². The van der Waals surface area contributed by atoms with Crippen molar-refractivity contribution in [2.45, 2.75) is 11.8 Å². The van der Waals surface area contributed by atoms with E-state index in [9.17, 15) is 8.42 Å². The van der Waals surface area contributed by atoms with E-state index in [-0.39, 0.29) is 4.90 Å². The van der Waals surface area contributed by atoms with Crippen molar-refractivity contribution in [1.82, 2.24) is 4.98 Å². The molecule has 3 rings (SSSR count). The average molecular weight is 358 g/mol. The molecule has 0 aliphatic carbocycles. The average Bonchev–Trinajstić information content (AvgIpc) is 2.60. The number of aromatic nitrogens is 1. The summed E-state index contributed by atoms with van der Waals surface area (Å²) in [6, 6.07) is 11.9. The number of methoxy groups -OCH3 is 2. The summed E-state index contributed by atoms with van der Waals surface area (Å²) in [5, 5.41) is 0.764. The smallest absolute Gasteiger partial charge is 0.264 e. The molecular formula is C18H18N2O4S. The summed E-state index contributed by atoms with van der Waals surface area (Å²) in [6.07, 6.45) is 1.65. The van der Waals surface area contributed by atoms with Gasteiger partial charge in [0.2, 0.25) is 0 Å². The molecule has 0 saturated carbocycles. The zero-order chi connectivity index (χ0) is 18.0. The summed E-state index contributed by atoms with van der Waals surface area (Å²) < 4.78 is 38.8. The van der Waals surface area contributed by atoms with Gasteiger partial charge in [0.05, 0.1) is 25.4 Å². The molecule has 0 bridgehead atoms. The van der Waals surface area contributed by atoms with Crippen LogP contribution in [-0.4, -0.2) is 27.6 Å². The SMILES string of the molecule is COc1ccc(OC)c(NS(=O)(=O)c2cccc3cc(C)cnc23)c1. The van der Waals surface area contributed by atoms with Crippen LogP contribution in [0.1, 0.15) is 5.56 Å². The van der Waals surface area contributed by atoms with Gasteiger partial charge in [0.1, 0.15) is 16.4 Å². The maximum Gasteiger partial charge on any atom is 0.264 e. The van der Waals surface area contributed by atoms with Gasteiger partial charge < -0.3 is 9.47 Å². The molecule has 0 spiro atoms. The lowest BCUT2D eigenvalue weighted by atomic mass is 10.2. The number of anilines is 1. The molecule has 7 heteroatoms. The van der Waals surface area contributed by atoms with Crippen LogP contribution < -0.4 is 14.2 Å². The van der Waals surface area contributed by atoms with Gasteiger partial charge in [-0.2, -0.15) is 0 Å². The van der Waals surface area contributed by atoms with E-state index in [4.69, 9.17) is 9.47 Å². The molecule has 0 radical (unpaired) electrons. The van der Waals surface area contributed by atoms with Crippen molar-refractivity contribution >= 4 is 26.6 Å². The van der Waals surface area contributed by atoms with Crippen LogP contribution in [0.5, 0.6) is 11.5 Å². The number of pyridine rings is 1. The Morgan fingerprint density at radius 2 is 1.84 bits per heavy atom.